The molecule has 7 heteroatoms. The van der Waals surface area contributed by atoms with Gasteiger partial charge in [-0.25, -0.2) is 0 Å². The molecule has 0 radical (unpaired) electrons. The van der Waals surface area contributed by atoms with Crippen molar-refractivity contribution in [3.8, 4) is 11.2 Å². The second-order valence-corrected chi connectivity index (χ2v) is 11.7. The molecule has 0 unspecified atom stereocenters. The van der Waals surface area contributed by atoms with Gasteiger partial charge in [0.1, 0.15) is 0 Å². The summed E-state index contributed by atoms with van der Waals surface area (Å²) in [6.45, 7) is 8.38. The van der Waals surface area contributed by atoms with Gasteiger partial charge in [-0.15, -0.1) is 0 Å². The van der Waals surface area contributed by atoms with Crippen LogP contribution in [0.5, 0.6) is 0 Å². The third-order valence-electron chi connectivity index (χ3n) is 4.34. The van der Waals surface area contributed by atoms with Gasteiger partial charge in [-0.05, 0) is 48.3 Å². The Morgan fingerprint density at radius 2 is 1.23 bits per heavy atom. The Labute approximate surface area is 183 Å². The summed E-state index contributed by atoms with van der Waals surface area (Å²) in [5.74, 6) is 3.29. The first-order valence-electron chi connectivity index (χ1n) is 10.6. The molecule has 2 rings (SSSR count). The second-order valence-electron chi connectivity index (χ2n) is 7.80. The number of benzene rings is 1. The topological polar surface area (TPSA) is 52.2 Å². The monoisotopic (exact) mass is 438 g/mol. The van der Waals surface area contributed by atoms with Crippen LogP contribution in [0, 0.1) is 11.2 Å². The van der Waals surface area contributed by atoms with Crippen LogP contribution in [0.1, 0.15) is 5.56 Å². The van der Waals surface area contributed by atoms with E-state index in [-0.39, 0.29) is 0 Å². The Hall–Kier alpha value is -1.27. The first kappa shape index (κ1) is 25.0. The highest BCUT2D eigenvalue weighted by Gasteiger charge is 2.07. The Balaban J connectivity index is 1.90. The molecule has 1 aromatic carbocycles. The molecular formula is C23H38N2O4S. The number of nitrogens with one attached hydrogen (secondary N) is 1. The minimum atomic E-state index is -0.819. The van der Waals surface area contributed by atoms with E-state index in [9.17, 15) is 0 Å². The summed E-state index contributed by atoms with van der Waals surface area (Å²) < 4.78 is 22.7. The van der Waals surface area contributed by atoms with Crippen LogP contribution in [-0.2, 0) is 18.9 Å². The maximum absolute atomic E-state index is 5.76. The van der Waals surface area contributed by atoms with Crippen LogP contribution in [0.2, 0.25) is 0 Å². The van der Waals surface area contributed by atoms with E-state index in [2.05, 4.69) is 64.4 Å². The van der Waals surface area contributed by atoms with Crippen molar-refractivity contribution in [2.45, 2.75) is 0 Å². The lowest BCUT2D eigenvalue weighted by Gasteiger charge is -2.25. The van der Waals surface area contributed by atoms with E-state index < -0.39 is 10.0 Å². The van der Waals surface area contributed by atoms with Crippen molar-refractivity contribution < 1.29 is 18.9 Å². The lowest BCUT2D eigenvalue weighted by Crippen LogP contribution is -2.32. The summed E-state index contributed by atoms with van der Waals surface area (Å²) >= 11 is 0. The van der Waals surface area contributed by atoms with Gasteiger partial charge in [0, 0.05) is 37.4 Å². The fourth-order valence-electron chi connectivity index (χ4n) is 2.74. The SMILES string of the molecule is CS(C)(C)C#Cc1ccc(N2CCOCCOCCNCCOCCOCC2)cc1. The van der Waals surface area contributed by atoms with E-state index in [1.165, 1.54) is 0 Å². The maximum atomic E-state index is 5.76. The quantitative estimate of drug-likeness (QED) is 0.679. The van der Waals surface area contributed by atoms with Gasteiger partial charge in [0.05, 0.1) is 52.9 Å². The molecule has 0 atom stereocenters. The summed E-state index contributed by atoms with van der Waals surface area (Å²) in [6.07, 6.45) is 6.61. The average Bonchev–Trinajstić information content (AvgIpc) is 2.72. The Morgan fingerprint density at radius 3 is 1.73 bits per heavy atom. The zero-order chi connectivity index (χ0) is 21.5. The summed E-state index contributed by atoms with van der Waals surface area (Å²) in [7, 11) is -0.819. The summed E-state index contributed by atoms with van der Waals surface area (Å²) in [6, 6.07) is 8.45. The van der Waals surface area contributed by atoms with Crippen molar-refractivity contribution >= 4 is 15.7 Å². The fraction of sp³-hybridized carbons (Fsp3) is 0.652. The van der Waals surface area contributed by atoms with Crippen molar-refractivity contribution in [3.05, 3.63) is 29.8 Å². The van der Waals surface area contributed by atoms with Gasteiger partial charge in [-0.2, -0.15) is 10.0 Å². The van der Waals surface area contributed by atoms with E-state index in [4.69, 9.17) is 18.9 Å². The second kappa shape index (κ2) is 14.7. The third kappa shape index (κ3) is 11.8. The van der Waals surface area contributed by atoms with E-state index in [1.807, 2.05) is 0 Å². The summed E-state index contributed by atoms with van der Waals surface area (Å²) in [5.41, 5.74) is 2.21. The number of rotatable bonds is 1. The lowest BCUT2D eigenvalue weighted by atomic mass is 10.2. The molecule has 30 heavy (non-hydrogen) atoms. The minimum Gasteiger partial charge on any atom is -0.378 e. The van der Waals surface area contributed by atoms with Crippen molar-refractivity contribution in [2.75, 3.05) is 103 Å². The van der Waals surface area contributed by atoms with Crippen LogP contribution in [0.15, 0.2) is 24.3 Å². The molecular weight excluding hydrogens is 400 g/mol. The van der Waals surface area contributed by atoms with E-state index in [1.54, 1.807) is 0 Å². The van der Waals surface area contributed by atoms with Gasteiger partial charge in [0.15, 0.2) is 0 Å². The van der Waals surface area contributed by atoms with Crippen LogP contribution in [0.4, 0.5) is 5.69 Å². The highest BCUT2D eigenvalue weighted by molar-refractivity contribution is 8.35. The Bertz CT molecular complexity index is 619. The van der Waals surface area contributed by atoms with Crippen molar-refractivity contribution in [1.29, 1.82) is 0 Å². The molecule has 0 spiro atoms. The summed E-state index contributed by atoms with van der Waals surface area (Å²) in [4.78, 5) is 2.29. The number of anilines is 1. The molecule has 170 valence electrons. The molecule has 1 aromatic rings. The van der Waals surface area contributed by atoms with E-state index in [0.717, 1.165) is 37.4 Å². The molecule has 1 N–H and O–H groups in total. The zero-order valence-corrected chi connectivity index (χ0v) is 19.6. The van der Waals surface area contributed by atoms with Crippen LogP contribution in [0.3, 0.4) is 0 Å². The predicted octanol–water partition coefficient (Wildman–Crippen LogP) is 2.17. The van der Waals surface area contributed by atoms with Crippen LogP contribution in [0.25, 0.3) is 0 Å². The summed E-state index contributed by atoms with van der Waals surface area (Å²) in [5, 5.41) is 6.65. The molecule has 1 aliphatic rings. The van der Waals surface area contributed by atoms with Crippen LogP contribution in [-0.4, -0.2) is 97.8 Å². The minimum absolute atomic E-state index is 0.608. The molecule has 0 amide bonds. The van der Waals surface area contributed by atoms with Crippen molar-refractivity contribution in [2.24, 2.45) is 0 Å². The third-order valence-corrected chi connectivity index (χ3v) is 5.05. The molecule has 0 saturated carbocycles. The van der Waals surface area contributed by atoms with Crippen LogP contribution >= 0.6 is 10.0 Å². The molecule has 1 heterocycles. The first-order chi connectivity index (χ1) is 14.5. The molecule has 6 nitrogen and oxygen atoms in total. The zero-order valence-electron chi connectivity index (χ0n) is 18.8. The highest BCUT2D eigenvalue weighted by atomic mass is 32.3. The van der Waals surface area contributed by atoms with Gasteiger partial charge in [-0.1, -0.05) is 5.92 Å². The van der Waals surface area contributed by atoms with Gasteiger partial charge in [-0.3, -0.25) is 0 Å². The molecule has 0 aromatic heterocycles. The average molecular weight is 439 g/mol. The predicted molar refractivity (Wildman–Crippen MR) is 127 cm³/mol. The number of hydrogen-bond acceptors (Lipinski definition) is 6. The Morgan fingerprint density at radius 1 is 0.733 bits per heavy atom. The normalized spacial score (nSPS) is 19.8. The van der Waals surface area contributed by atoms with Crippen molar-refractivity contribution in [1.82, 2.24) is 5.32 Å². The molecule has 1 fully saturated rings. The van der Waals surface area contributed by atoms with Gasteiger partial charge in [0.2, 0.25) is 0 Å². The number of nitrogens with zero attached hydrogens (tertiary/aromatic N) is 1. The number of ether oxygens (including phenoxy) is 4. The van der Waals surface area contributed by atoms with Crippen molar-refractivity contribution in [3.63, 3.8) is 0 Å². The molecule has 1 aliphatic heterocycles. The van der Waals surface area contributed by atoms with E-state index >= 15 is 0 Å². The molecule has 1 saturated heterocycles. The number of hydrogen-bond donors (Lipinski definition) is 1. The van der Waals surface area contributed by atoms with Gasteiger partial charge in [0.25, 0.3) is 0 Å². The fourth-order valence-corrected chi connectivity index (χ4v) is 3.17. The lowest BCUT2D eigenvalue weighted by molar-refractivity contribution is 0.0409. The standard InChI is InChI=1S/C23H38N2O4S/c1-30(2,3)21-8-22-4-6-23(7-5-22)25-11-15-28-19-17-26-13-9-24-10-14-27-18-20-29-16-12-25/h4-7,24H,9-20H2,1-3H3. The largest absolute Gasteiger partial charge is 0.378 e. The van der Waals surface area contributed by atoms with Gasteiger partial charge < -0.3 is 29.2 Å². The van der Waals surface area contributed by atoms with E-state index in [0.29, 0.717) is 52.9 Å². The van der Waals surface area contributed by atoms with Gasteiger partial charge >= 0.3 is 0 Å². The molecule has 0 bridgehead atoms. The maximum Gasteiger partial charge on any atom is 0.0701 e. The Kier molecular flexibility index (Phi) is 12.2. The molecule has 0 aliphatic carbocycles. The van der Waals surface area contributed by atoms with Crippen LogP contribution < -0.4 is 10.2 Å². The first-order valence-corrected chi connectivity index (χ1v) is 13.5. The highest BCUT2D eigenvalue weighted by Crippen LogP contribution is 2.32. The smallest absolute Gasteiger partial charge is 0.0701 e.